The molecule has 0 amide bonds. The van der Waals surface area contributed by atoms with Gasteiger partial charge in [-0.3, -0.25) is 0 Å². The topological polar surface area (TPSA) is 17.8 Å². The van der Waals surface area contributed by atoms with E-state index in [0.29, 0.717) is 5.92 Å². The summed E-state index contributed by atoms with van der Waals surface area (Å²) in [4.78, 5) is 4.14. The maximum atomic E-state index is 13.1. The van der Waals surface area contributed by atoms with Crippen LogP contribution in [0.2, 0.25) is 0 Å². The molecule has 0 saturated carbocycles. The minimum absolute atomic E-state index is 0.145. The third-order valence-electron chi connectivity index (χ3n) is 3.28. The summed E-state index contributed by atoms with van der Waals surface area (Å²) in [6.07, 6.45) is 5.89. The number of rotatable bonds is 1. The van der Waals surface area contributed by atoms with Crippen molar-refractivity contribution in [1.29, 1.82) is 0 Å². The molecule has 16 heavy (non-hydrogen) atoms. The number of benzene rings is 1. The van der Waals surface area contributed by atoms with Crippen LogP contribution in [0.25, 0.3) is 0 Å². The van der Waals surface area contributed by atoms with Crippen LogP contribution in [0.1, 0.15) is 23.6 Å². The molecule has 0 N–H and O–H groups in total. The van der Waals surface area contributed by atoms with Gasteiger partial charge in [0.25, 0.3) is 0 Å². The maximum Gasteiger partial charge on any atom is 0.123 e. The van der Waals surface area contributed by atoms with Crippen molar-refractivity contribution in [3.8, 4) is 0 Å². The van der Waals surface area contributed by atoms with E-state index in [4.69, 9.17) is 0 Å². The minimum atomic E-state index is -0.145. The largest absolute Gasteiger partial charge is 0.334 e. The van der Waals surface area contributed by atoms with Crippen LogP contribution in [-0.4, -0.2) is 9.55 Å². The van der Waals surface area contributed by atoms with Crippen molar-refractivity contribution in [2.45, 2.75) is 25.3 Å². The molecule has 1 unspecified atom stereocenters. The summed E-state index contributed by atoms with van der Waals surface area (Å²) in [6, 6.07) is 6.94. The van der Waals surface area contributed by atoms with Crippen molar-refractivity contribution in [1.82, 2.24) is 9.55 Å². The lowest BCUT2D eigenvalue weighted by atomic mass is 9.91. The van der Waals surface area contributed by atoms with Gasteiger partial charge in [-0.2, -0.15) is 0 Å². The van der Waals surface area contributed by atoms with Crippen LogP contribution in [0.4, 0.5) is 4.39 Å². The predicted molar refractivity (Wildman–Crippen MR) is 59.7 cm³/mol. The van der Waals surface area contributed by atoms with Crippen LogP contribution < -0.4 is 0 Å². The molecule has 3 heteroatoms. The van der Waals surface area contributed by atoms with Crippen LogP contribution >= 0.6 is 0 Å². The molecule has 1 aliphatic heterocycles. The second-order valence-corrected chi connectivity index (χ2v) is 4.33. The number of imidazole rings is 1. The Labute approximate surface area is 93.7 Å². The molecule has 1 aromatic heterocycles. The summed E-state index contributed by atoms with van der Waals surface area (Å²) < 4.78 is 15.3. The molecule has 0 saturated heterocycles. The van der Waals surface area contributed by atoms with Gasteiger partial charge >= 0.3 is 0 Å². The van der Waals surface area contributed by atoms with Crippen LogP contribution in [0.3, 0.4) is 0 Å². The van der Waals surface area contributed by atoms with E-state index in [1.807, 2.05) is 18.6 Å². The molecule has 0 radical (unpaired) electrons. The number of fused-ring (bicyclic) bond motifs is 1. The number of hydrogen-bond donors (Lipinski definition) is 0. The van der Waals surface area contributed by atoms with E-state index in [1.54, 1.807) is 12.1 Å². The molecule has 0 bridgehead atoms. The maximum absolute atomic E-state index is 13.1. The number of hydrogen-bond acceptors (Lipinski definition) is 1. The smallest absolute Gasteiger partial charge is 0.123 e. The van der Waals surface area contributed by atoms with Gasteiger partial charge in [-0.05, 0) is 30.5 Å². The first kappa shape index (κ1) is 9.58. The Morgan fingerprint density at radius 1 is 1.38 bits per heavy atom. The Morgan fingerprint density at radius 2 is 2.31 bits per heavy atom. The summed E-state index contributed by atoms with van der Waals surface area (Å²) in [5.41, 5.74) is 2.38. The van der Waals surface area contributed by atoms with Crippen LogP contribution in [0.5, 0.6) is 0 Å². The highest BCUT2D eigenvalue weighted by molar-refractivity contribution is 5.22. The van der Waals surface area contributed by atoms with Crippen molar-refractivity contribution < 1.29 is 4.39 Å². The Kier molecular flexibility index (Phi) is 2.24. The lowest BCUT2D eigenvalue weighted by Crippen LogP contribution is -2.17. The zero-order chi connectivity index (χ0) is 11.0. The SMILES string of the molecule is Fc1cccc(C2CCc3cncn3C2)c1. The first-order chi connectivity index (χ1) is 7.83. The molecule has 2 heterocycles. The van der Waals surface area contributed by atoms with Gasteiger partial charge in [0, 0.05) is 24.4 Å². The van der Waals surface area contributed by atoms with Gasteiger partial charge in [-0.25, -0.2) is 9.37 Å². The number of aryl methyl sites for hydroxylation is 1. The van der Waals surface area contributed by atoms with E-state index >= 15 is 0 Å². The van der Waals surface area contributed by atoms with Gasteiger partial charge in [-0.15, -0.1) is 0 Å². The Bertz CT molecular complexity index is 504. The molecule has 1 aromatic carbocycles. The summed E-state index contributed by atoms with van der Waals surface area (Å²) >= 11 is 0. The quantitative estimate of drug-likeness (QED) is 0.716. The zero-order valence-corrected chi connectivity index (χ0v) is 8.94. The van der Waals surface area contributed by atoms with E-state index in [1.165, 1.54) is 11.8 Å². The average molecular weight is 216 g/mol. The molecule has 0 fully saturated rings. The van der Waals surface area contributed by atoms with Crippen molar-refractivity contribution in [2.24, 2.45) is 0 Å². The number of aromatic nitrogens is 2. The molecule has 82 valence electrons. The van der Waals surface area contributed by atoms with Crippen molar-refractivity contribution in [3.05, 3.63) is 53.9 Å². The molecular weight excluding hydrogens is 203 g/mol. The number of nitrogens with zero attached hydrogens (tertiary/aromatic N) is 2. The van der Waals surface area contributed by atoms with E-state index in [0.717, 1.165) is 24.9 Å². The van der Waals surface area contributed by atoms with Gasteiger partial charge < -0.3 is 4.57 Å². The summed E-state index contributed by atoms with van der Waals surface area (Å²) in [5, 5.41) is 0. The molecule has 1 atom stereocenters. The third kappa shape index (κ3) is 1.62. The third-order valence-corrected chi connectivity index (χ3v) is 3.28. The second-order valence-electron chi connectivity index (χ2n) is 4.33. The fraction of sp³-hybridized carbons (Fsp3) is 0.308. The fourth-order valence-electron chi connectivity index (χ4n) is 2.40. The lowest BCUT2D eigenvalue weighted by molar-refractivity contribution is 0.461. The highest BCUT2D eigenvalue weighted by atomic mass is 19.1. The Balaban J connectivity index is 1.88. The Morgan fingerprint density at radius 3 is 3.19 bits per heavy atom. The van der Waals surface area contributed by atoms with E-state index < -0.39 is 0 Å². The van der Waals surface area contributed by atoms with Crippen molar-refractivity contribution in [3.63, 3.8) is 0 Å². The first-order valence-electron chi connectivity index (χ1n) is 5.57. The van der Waals surface area contributed by atoms with E-state index in [9.17, 15) is 4.39 Å². The lowest BCUT2D eigenvalue weighted by Gasteiger charge is -2.24. The highest BCUT2D eigenvalue weighted by Crippen LogP contribution is 2.28. The van der Waals surface area contributed by atoms with Gasteiger partial charge in [0.2, 0.25) is 0 Å². The first-order valence-corrected chi connectivity index (χ1v) is 5.57. The summed E-state index contributed by atoms with van der Waals surface area (Å²) in [7, 11) is 0. The molecule has 0 spiro atoms. The average Bonchev–Trinajstić information content (AvgIpc) is 2.75. The van der Waals surface area contributed by atoms with E-state index in [-0.39, 0.29) is 5.82 Å². The molecule has 3 rings (SSSR count). The normalized spacial score (nSPS) is 19.4. The molecule has 2 nitrogen and oxygen atoms in total. The van der Waals surface area contributed by atoms with Crippen LogP contribution in [0, 0.1) is 5.82 Å². The molecule has 1 aliphatic rings. The molecule has 2 aromatic rings. The van der Waals surface area contributed by atoms with Crippen molar-refractivity contribution in [2.75, 3.05) is 0 Å². The predicted octanol–water partition coefficient (Wildman–Crippen LogP) is 2.75. The monoisotopic (exact) mass is 216 g/mol. The molecular formula is C13H13FN2. The van der Waals surface area contributed by atoms with Crippen LogP contribution in [-0.2, 0) is 13.0 Å². The van der Waals surface area contributed by atoms with E-state index in [2.05, 4.69) is 9.55 Å². The summed E-state index contributed by atoms with van der Waals surface area (Å²) in [6.45, 7) is 0.915. The van der Waals surface area contributed by atoms with Gasteiger partial charge in [0.15, 0.2) is 0 Å². The van der Waals surface area contributed by atoms with Gasteiger partial charge in [-0.1, -0.05) is 12.1 Å². The molecule has 0 aliphatic carbocycles. The van der Waals surface area contributed by atoms with Crippen LogP contribution in [0.15, 0.2) is 36.8 Å². The zero-order valence-electron chi connectivity index (χ0n) is 8.94. The van der Waals surface area contributed by atoms with Crippen molar-refractivity contribution >= 4 is 0 Å². The van der Waals surface area contributed by atoms with Gasteiger partial charge in [0.1, 0.15) is 5.82 Å². The highest BCUT2D eigenvalue weighted by Gasteiger charge is 2.19. The van der Waals surface area contributed by atoms with Gasteiger partial charge in [0.05, 0.1) is 6.33 Å². The Hall–Kier alpha value is -1.64. The summed E-state index contributed by atoms with van der Waals surface area (Å²) in [5.74, 6) is 0.270. The standard InChI is InChI=1S/C13H13FN2/c14-12-3-1-2-10(6-12)11-4-5-13-7-15-9-16(13)8-11/h1-3,6-7,9,11H,4-5,8H2. The second kappa shape index (κ2) is 3.74. The number of halogens is 1. The fourth-order valence-corrected chi connectivity index (χ4v) is 2.40. The minimum Gasteiger partial charge on any atom is -0.334 e.